The van der Waals surface area contributed by atoms with E-state index in [-0.39, 0.29) is 29.9 Å². The zero-order chi connectivity index (χ0) is 21.0. The normalized spacial score (nSPS) is 10.5. The van der Waals surface area contributed by atoms with Gasteiger partial charge in [-0.2, -0.15) is 0 Å². The number of nitrogens with one attached hydrogen (secondary N) is 2. The molecule has 0 radical (unpaired) electrons. The van der Waals surface area contributed by atoms with Crippen LogP contribution in [-0.4, -0.2) is 45.7 Å². The number of benzene rings is 2. The van der Waals surface area contributed by atoms with E-state index in [4.69, 9.17) is 0 Å². The number of nitrogens with zero attached hydrogens (tertiary/aromatic N) is 2. The van der Waals surface area contributed by atoms with Crippen molar-refractivity contribution in [2.24, 2.45) is 0 Å². The molecule has 0 aliphatic heterocycles. The molecule has 3 aromatic rings. The summed E-state index contributed by atoms with van der Waals surface area (Å²) < 4.78 is 14.2. The number of hydrogen-bond donors (Lipinski definition) is 2. The Morgan fingerprint density at radius 2 is 1.93 bits per heavy atom. The summed E-state index contributed by atoms with van der Waals surface area (Å²) >= 11 is 1.21. The Hall–Kier alpha value is -3.05. The van der Waals surface area contributed by atoms with Crippen LogP contribution in [0.2, 0.25) is 0 Å². The van der Waals surface area contributed by atoms with Gasteiger partial charge in [-0.3, -0.25) is 0 Å². The van der Waals surface area contributed by atoms with Gasteiger partial charge < -0.3 is 0 Å². The number of amides is 2. The van der Waals surface area contributed by atoms with Gasteiger partial charge in [-0.25, -0.2) is 4.39 Å². The van der Waals surface area contributed by atoms with Gasteiger partial charge in [0.05, 0.1) is 0 Å². The van der Waals surface area contributed by atoms with Crippen molar-refractivity contribution in [2.45, 2.75) is 13.5 Å². The Labute approximate surface area is 176 Å². The first-order valence-electron chi connectivity index (χ1n) is 8.87. The summed E-state index contributed by atoms with van der Waals surface area (Å²) in [5.74, 6) is -0.897. The zero-order valence-corrected chi connectivity index (χ0v) is 18.4. The maximum absolute atomic E-state index is 13.7. The Morgan fingerprint density at radius 1 is 1.14 bits per heavy atom. The first-order valence-corrected chi connectivity index (χ1v) is 10.1. The van der Waals surface area contributed by atoms with Gasteiger partial charge in [-0.05, 0) is 12.5 Å². The van der Waals surface area contributed by atoms with Gasteiger partial charge in [-0.1, -0.05) is 6.07 Å². The average Bonchev–Trinajstić information content (AvgIpc) is 2.74. The van der Waals surface area contributed by atoms with E-state index in [0.29, 0.717) is 32.4 Å². The number of aromatic nitrogens is 2. The van der Waals surface area contributed by atoms with Crippen LogP contribution in [0, 0.1) is 12.7 Å². The monoisotopic (exact) mass is 454 g/mol. The first kappa shape index (κ1) is 20.7. The minimum absolute atomic E-state index is 0.216. The van der Waals surface area contributed by atoms with Gasteiger partial charge >= 0.3 is 148 Å². The van der Waals surface area contributed by atoms with Crippen LogP contribution in [0.4, 0.5) is 4.39 Å². The van der Waals surface area contributed by atoms with Crippen molar-refractivity contribution >= 4 is 33.1 Å². The molecule has 0 fully saturated rings. The number of halogens is 1. The molecule has 0 spiro atoms. The van der Waals surface area contributed by atoms with Crippen molar-refractivity contribution in [2.75, 3.05) is 7.05 Å². The molecule has 2 aromatic carbocycles. The molecule has 29 heavy (non-hydrogen) atoms. The zero-order valence-electron chi connectivity index (χ0n) is 16.0. The molecular formula is C21H20AsFN4O2. The third kappa shape index (κ3) is 4.87. The van der Waals surface area contributed by atoms with Crippen molar-refractivity contribution in [1.29, 1.82) is 0 Å². The molecule has 0 aliphatic carbocycles. The molecule has 1 unspecified atom stereocenters. The molecule has 0 bridgehead atoms. The van der Waals surface area contributed by atoms with Gasteiger partial charge in [-0.15, -0.1) is 0 Å². The second-order valence-corrected chi connectivity index (χ2v) is 7.56. The molecule has 1 heterocycles. The van der Waals surface area contributed by atoms with E-state index in [2.05, 4.69) is 20.6 Å². The van der Waals surface area contributed by atoms with E-state index < -0.39 is 0 Å². The summed E-state index contributed by atoms with van der Waals surface area (Å²) in [6.07, 6.45) is 1.58. The molecule has 1 aromatic heterocycles. The second-order valence-electron chi connectivity index (χ2n) is 6.42. The van der Waals surface area contributed by atoms with Crippen LogP contribution in [0.5, 0.6) is 0 Å². The fourth-order valence-electron chi connectivity index (χ4n) is 2.67. The van der Waals surface area contributed by atoms with Gasteiger partial charge in [0.1, 0.15) is 5.82 Å². The van der Waals surface area contributed by atoms with Gasteiger partial charge in [0, 0.05) is 0 Å². The molecule has 1 atom stereocenters. The van der Waals surface area contributed by atoms with Crippen molar-refractivity contribution < 1.29 is 14.0 Å². The molecule has 0 saturated heterocycles. The van der Waals surface area contributed by atoms with Crippen LogP contribution in [0.15, 0.2) is 48.7 Å². The molecule has 6 nitrogen and oxygen atoms in total. The van der Waals surface area contributed by atoms with E-state index in [1.54, 1.807) is 49.5 Å². The number of aryl methyl sites for hydroxylation is 1. The third-order valence-corrected chi connectivity index (χ3v) is 5.24. The van der Waals surface area contributed by atoms with Crippen LogP contribution in [0.3, 0.4) is 0 Å². The molecule has 148 valence electrons. The summed E-state index contributed by atoms with van der Waals surface area (Å²) in [6, 6.07) is 11.8. The fraction of sp³-hybridized carbons (Fsp3) is 0.143. The second kappa shape index (κ2) is 8.97. The van der Waals surface area contributed by atoms with Gasteiger partial charge in [0.15, 0.2) is 0 Å². The minimum atomic E-state index is -0.307. The molecule has 8 heteroatoms. The third-order valence-electron chi connectivity index (χ3n) is 4.35. The van der Waals surface area contributed by atoms with Crippen molar-refractivity contribution in [3.8, 4) is 11.3 Å². The number of hydrogen-bond acceptors (Lipinski definition) is 4. The van der Waals surface area contributed by atoms with E-state index in [1.807, 2.05) is 0 Å². The molecule has 0 saturated carbocycles. The molecule has 2 N–H and O–H groups in total. The van der Waals surface area contributed by atoms with E-state index >= 15 is 0 Å². The first-order chi connectivity index (χ1) is 13.9. The summed E-state index contributed by atoms with van der Waals surface area (Å²) in [5.41, 5.74) is 3.11. The summed E-state index contributed by atoms with van der Waals surface area (Å²) in [6.45, 7) is 1.90. The number of carbonyl (C=O) groups is 2. The number of carbonyl (C=O) groups excluding carboxylic acids is 2. The van der Waals surface area contributed by atoms with Crippen LogP contribution in [0.1, 0.15) is 32.0 Å². The van der Waals surface area contributed by atoms with E-state index in [1.165, 1.54) is 30.0 Å². The fourth-order valence-corrected chi connectivity index (χ4v) is 3.24. The maximum atomic E-state index is 13.7. The Balaban J connectivity index is 1.79. The van der Waals surface area contributed by atoms with Gasteiger partial charge in [0.25, 0.3) is 0 Å². The average molecular weight is 454 g/mol. The quantitative estimate of drug-likeness (QED) is 0.567. The predicted molar refractivity (Wildman–Crippen MR) is 111 cm³/mol. The Morgan fingerprint density at radius 3 is 2.66 bits per heavy atom. The number of rotatable bonds is 5. The summed E-state index contributed by atoms with van der Waals surface area (Å²) in [4.78, 5) is 33.1. The van der Waals surface area contributed by atoms with Crippen LogP contribution in [-0.2, 0) is 6.54 Å². The standard InChI is InChI=1S/C21H20AsFN4O2/c1-12-6-7-13(8-16(12)23)10-26-20(28)15-5-3-4-14(9-15)17-11-25-19(22)18(27-17)21(29)24-2/h3-9,11H,10,22H2,1-2H3,(H,24,29)(H,26,28). The SMILES string of the molecule is CNC(=O)c1nc(-c2cccc(C(=O)NCc3ccc(C)c(F)c3)c2)cnc1[AsH2]. The summed E-state index contributed by atoms with van der Waals surface area (Å²) in [5, 5.41) is 5.33. The van der Waals surface area contributed by atoms with E-state index in [9.17, 15) is 14.0 Å². The predicted octanol–water partition coefficient (Wildman–Crippen LogP) is 1.14. The van der Waals surface area contributed by atoms with Crippen LogP contribution >= 0.6 is 0 Å². The molecule has 2 amide bonds. The van der Waals surface area contributed by atoms with Crippen LogP contribution in [0.25, 0.3) is 11.3 Å². The topological polar surface area (TPSA) is 84.0 Å². The summed E-state index contributed by atoms with van der Waals surface area (Å²) in [7, 11) is 1.54. The van der Waals surface area contributed by atoms with Crippen molar-refractivity contribution in [1.82, 2.24) is 20.6 Å². The molecular weight excluding hydrogens is 434 g/mol. The molecule has 3 rings (SSSR count). The van der Waals surface area contributed by atoms with Crippen LogP contribution < -0.4 is 15.1 Å². The van der Waals surface area contributed by atoms with E-state index in [0.717, 1.165) is 0 Å². The molecule has 0 aliphatic rings. The Bertz CT molecular complexity index is 1090. The van der Waals surface area contributed by atoms with Crippen molar-refractivity contribution in [3.05, 3.63) is 76.9 Å². The Kier molecular flexibility index (Phi) is 6.39. The van der Waals surface area contributed by atoms with Gasteiger partial charge in [0.2, 0.25) is 0 Å². The van der Waals surface area contributed by atoms with Crippen molar-refractivity contribution in [3.63, 3.8) is 0 Å².